The molecular formula is C44H49ClN8O6. The summed E-state index contributed by atoms with van der Waals surface area (Å²) in [6.07, 6.45) is 7.60. The molecule has 6 aliphatic heterocycles. The molecule has 0 saturated carbocycles. The van der Waals surface area contributed by atoms with Crippen molar-refractivity contribution < 1.29 is 28.8 Å². The van der Waals surface area contributed by atoms with E-state index in [1.165, 1.54) is 16.7 Å². The number of aromatic amines is 1. The summed E-state index contributed by atoms with van der Waals surface area (Å²) in [6, 6.07) is 17.6. The first-order chi connectivity index (χ1) is 28.2. The number of nitrogens with one attached hydrogen (secondary N) is 4. The zero-order chi connectivity index (χ0) is 39.9. The highest BCUT2D eigenvalue weighted by molar-refractivity contribution is 6.06. The lowest BCUT2D eigenvalue weighted by Gasteiger charge is -2.32. The number of hydrogen-bond acceptors (Lipinski definition) is 9. The van der Waals surface area contributed by atoms with Gasteiger partial charge in [0, 0.05) is 49.0 Å². The van der Waals surface area contributed by atoms with E-state index in [0.29, 0.717) is 48.9 Å². The normalized spacial score (nSPS) is 22.7. The van der Waals surface area contributed by atoms with Crippen molar-refractivity contribution in [3.05, 3.63) is 99.7 Å². The number of carbonyl (C=O) groups is 6. The second-order valence-corrected chi connectivity index (χ2v) is 16.5. The molecule has 6 amide bonds. The number of benzene rings is 3. The third kappa shape index (κ3) is 8.26. The zero-order valence-corrected chi connectivity index (χ0v) is 33.7. The van der Waals surface area contributed by atoms with Crippen molar-refractivity contribution in [1.29, 1.82) is 0 Å². The van der Waals surface area contributed by atoms with Crippen molar-refractivity contribution in [3.63, 3.8) is 0 Å². The van der Waals surface area contributed by atoms with Crippen LogP contribution in [0.1, 0.15) is 112 Å². The number of piperidine rings is 4. The minimum atomic E-state index is -0.565. The van der Waals surface area contributed by atoms with Crippen LogP contribution in [0.4, 0.5) is 0 Å². The quantitative estimate of drug-likeness (QED) is 0.209. The lowest BCUT2D eigenvalue weighted by molar-refractivity contribution is -0.138. The van der Waals surface area contributed by atoms with E-state index in [1.807, 2.05) is 18.3 Å². The van der Waals surface area contributed by atoms with Crippen molar-refractivity contribution in [2.75, 3.05) is 26.2 Å². The Kier molecular flexibility index (Phi) is 11.7. The lowest BCUT2D eigenvalue weighted by Crippen LogP contribution is -2.52. The van der Waals surface area contributed by atoms with E-state index >= 15 is 0 Å². The van der Waals surface area contributed by atoms with E-state index in [2.05, 4.69) is 73.5 Å². The Morgan fingerprint density at radius 2 is 1.17 bits per heavy atom. The van der Waals surface area contributed by atoms with Crippen LogP contribution in [-0.2, 0) is 38.8 Å². The van der Waals surface area contributed by atoms with Crippen LogP contribution >= 0.6 is 12.4 Å². The van der Waals surface area contributed by atoms with Crippen molar-refractivity contribution in [3.8, 4) is 0 Å². The minimum Gasteiger partial charge on any atom is -0.322 e. The maximum Gasteiger partial charge on any atom is 0.255 e. The van der Waals surface area contributed by atoms with Crippen LogP contribution in [-0.4, -0.2) is 98.6 Å². The number of carbonyl (C=O) groups excluding carboxylic acids is 6. The van der Waals surface area contributed by atoms with Crippen molar-refractivity contribution >= 4 is 58.8 Å². The number of amides is 6. The molecule has 14 nitrogen and oxygen atoms in total. The third-order valence-corrected chi connectivity index (χ3v) is 12.9. The number of hydrogen-bond donors (Lipinski definition) is 4. The number of halogens is 1. The molecule has 1 aromatic heterocycles. The smallest absolute Gasteiger partial charge is 0.255 e. The fourth-order valence-electron chi connectivity index (χ4n) is 9.62. The van der Waals surface area contributed by atoms with Crippen molar-refractivity contribution in [1.82, 2.24) is 40.8 Å². The highest BCUT2D eigenvalue weighted by Crippen LogP contribution is 2.35. The van der Waals surface area contributed by atoms with Gasteiger partial charge < -0.3 is 15.1 Å². The van der Waals surface area contributed by atoms with Gasteiger partial charge in [-0.3, -0.25) is 49.4 Å². The van der Waals surface area contributed by atoms with Gasteiger partial charge in [-0.05, 0) is 123 Å². The van der Waals surface area contributed by atoms with E-state index in [1.54, 1.807) is 9.80 Å². The number of likely N-dealkylation sites (tertiary alicyclic amines) is 1. The number of nitrogens with zero attached hydrogens (tertiary/aromatic N) is 4. The molecule has 2 unspecified atom stereocenters. The highest BCUT2D eigenvalue weighted by atomic mass is 35.5. The van der Waals surface area contributed by atoms with Crippen LogP contribution in [0.3, 0.4) is 0 Å². The molecule has 10 rings (SSSR count). The van der Waals surface area contributed by atoms with Crippen LogP contribution in [0.2, 0.25) is 0 Å². The summed E-state index contributed by atoms with van der Waals surface area (Å²) in [6.45, 7) is 5.95. The SMILES string of the molecule is Cl.O=C1CCC(N2Cc3cc(C4CCN(Cc5ccc6cn[nH]c6c5)CC4)ccc3C2=O)C(=O)N1.O=C1CCC(N2Cc3cc(C4CCNCC4)ccc3C2=O)C(=O)N1. The first-order valence-electron chi connectivity index (χ1n) is 20.6. The van der Waals surface area contributed by atoms with Crippen LogP contribution in [0.5, 0.6) is 0 Å². The molecule has 0 radical (unpaired) electrons. The predicted molar refractivity (Wildman–Crippen MR) is 220 cm³/mol. The summed E-state index contributed by atoms with van der Waals surface area (Å²) in [5, 5.41) is 16.4. The third-order valence-electron chi connectivity index (χ3n) is 12.9. The standard InChI is InChI=1S/C26H27N5O3.C18H21N3O3.ClH/c32-24-6-5-23(25(33)28-24)31-15-20-12-18(3-4-21(20)26(31)34)17-7-9-30(10-8-17)14-16-1-2-19-13-27-29-22(19)11-16;22-16-4-3-15(17(23)20-16)21-10-13-9-12(1-2-14(13)18(21)24)11-5-7-19-8-6-11;/h1-4,11-13,17,23H,5-10,14-15H2,(H,27,29)(H,28,32,33);1-2,9,11,15,19H,3-8,10H2,(H,20,22,23);1H. The molecule has 0 bridgehead atoms. The summed E-state index contributed by atoms with van der Waals surface area (Å²) in [5.41, 5.74) is 8.29. The molecule has 0 aliphatic carbocycles. The molecule has 3 aromatic carbocycles. The molecule has 0 spiro atoms. The van der Waals surface area contributed by atoms with Crippen molar-refractivity contribution in [2.45, 2.75) is 94.9 Å². The molecule has 2 atom stereocenters. The van der Waals surface area contributed by atoms with Gasteiger partial charge in [0.1, 0.15) is 12.1 Å². The average Bonchev–Trinajstić information content (AvgIpc) is 3.93. The first kappa shape index (κ1) is 40.3. The van der Waals surface area contributed by atoms with Gasteiger partial charge in [0.2, 0.25) is 23.6 Å². The minimum absolute atomic E-state index is 0. The van der Waals surface area contributed by atoms with Gasteiger partial charge in [0.15, 0.2) is 0 Å². The van der Waals surface area contributed by atoms with E-state index in [0.717, 1.165) is 80.4 Å². The zero-order valence-electron chi connectivity index (χ0n) is 32.8. The summed E-state index contributed by atoms with van der Waals surface area (Å²) < 4.78 is 0. The Labute approximate surface area is 348 Å². The summed E-state index contributed by atoms with van der Waals surface area (Å²) in [4.78, 5) is 78.5. The summed E-state index contributed by atoms with van der Waals surface area (Å²) in [7, 11) is 0. The second kappa shape index (κ2) is 17.0. The Balaban J connectivity index is 0.000000171. The molecule has 4 N–H and O–H groups in total. The summed E-state index contributed by atoms with van der Waals surface area (Å²) in [5.74, 6) is -0.443. The molecule has 308 valence electrons. The predicted octanol–water partition coefficient (Wildman–Crippen LogP) is 4.04. The number of imide groups is 2. The van der Waals surface area contributed by atoms with E-state index in [9.17, 15) is 28.8 Å². The molecule has 4 fully saturated rings. The molecule has 15 heteroatoms. The molecule has 6 aliphatic rings. The largest absolute Gasteiger partial charge is 0.322 e. The van der Waals surface area contributed by atoms with E-state index in [4.69, 9.17) is 0 Å². The molecule has 7 heterocycles. The van der Waals surface area contributed by atoms with Gasteiger partial charge in [-0.2, -0.15) is 5.10 Å². The maximum atomic E-state index is 12.9. The van der Waals surface area contributed by atoms with Crippen LogP contribution < -0.4 is 16.0 Å². The number of H-pyrrole nitrogens is 1. The Bertz CT molecular complexity index is 2310. The number of rotatable bonds is 6. The lowest BCUT2D eigenvalue weighted by atomic mass is 9.87. The number of aromatic nitrogens is 2. The maximum absolute atomic E-state index is 12.9. The average molecular weight is 821 g/mol. The molecule has 4 saturated heterocycles. The number of fused-ring (bicyclic) bond motifs is 3. The second-order valence-electron chi connectivity index (χ2n) is 16.5. The Morgan fingerprint density at radius 1 is 0.627 bits per heavy atom. The summed E-state index contributed by atoms with van der Waals surface area (Å²) >= 11 is 0. The topological polar surface area (TPSA) is 177 Å². The van der Waals surface area contributed by atoms with E-state index < -0.39 is 12.1 Å². The van der Waals surface area contributed by atoms with Gasteiger partial charge in [-0.25, -0.2) is 0 Å². The van der Waals surface area contributed by atoms with Gasteiger partial charge in [0.25, 0.3) is 11.8 Å². The fraction of sp³-hybridized carbons (Fsp3) is 0.432. The van der Waals surface area contributed by atoms with Crippen molar-refractivity contribution in [2.24, 2.45) is 0 Å². The fourth-order valence-corrected chi connectivity index (χ4v) is 9.62. The molecular weight excluding hydrogens is 772 g/mol. The first-order valence-corrected chi connectivity index (χ1v) is 20.6. The molecule has 4 aromatic rings. The van der Waals surface area contributed by atoms with E-state index in [-0.39, 0.29) is 60.7 Å². The Hall–Kier alpha value is -5.44. The van der Waals surface area contributed by atoms with Crippen LogP contribution in [0.15, 0.2) is 60.8 Å². The highest BCUT2D eigenvalue weighted by Gasteiger charge is 2.41. The molecule has 59 heavy (non-hydrogen) atoms. The Morgan fingerprint density at radius 3 is 1.71 bits per heavy atom. The van der Waals surface area contributed by atoms with Crippen LogP contribution in [0, 0.1) is 0 Å². The monoisotopic (exact) mass is 820 g/mol. The van der Waals surface area contributed by atoms with Gasteiger partial charge in [-0.1, -0.05) is 36.4 Å². The van der Waals surface area contributed by atoms with Gasteiger partial charge in [0.05, 0.1) is 11.7 Å². The van der Waals surface area contributed by atoms with Gasteiger partial charge >= 0.3 is 0 Å². The van der Waals surface area contributed by atoms with Crippen LogP contribution in [0.25, 0.3) is 10.9 Å². The van der Waals surface area contributed by atoms with Gasteiger partial charge in [-0.15, -0.1) is 12.4 Å².